The van der Waals surface area contributed by atoms with Crippen LogP contribution in [0.3, 0.4) is 0 Å². The minimum Gasteiger partial charge on any atom is -0.309 e. The van der Waals surface area contributed by atoms with E-state index in [2.05, 4.69) is 264 Å². The van der Waals surface area contributed by atoms with Crippen molar-refractivity contribution in [2.24, 2.45) is 0 Å². The fourth-order valence-electron chi connectivity index (χ4n) is 10.2. The van der Waals surface area contributed by atoms with Crippen molar-refractivity contribution in [2.45, 2.75) is 0 Å². The van der Waals surface area contributed by atoms with Crippen LogP contribution in [0.4, 0.5) is 17.1 Å². The summed E-state index contributed by atoms with van der Waals surface area (Å²) in [5.74, 6) is 0. The second-order valence-electron chi connectivity index (χ2n) is 16.4. The quantitative estimate of drug-likeness (QED) is 0.104. The third-order valence-corrected chi connectivity index (χ3v) is 18.9. The van der Waals surface area contributed by atoms with Crippen molar-refractivity contribution in [3.8, 4) is 16.8 Å². The maximum absolute atomic E-state index is 2.72. The number of nitrogens with zero attached hydrogens (tertiary/aromatic N) is 2. The molecule has 2 aromatic heterocycles. The molecule has 0 aliphatic carbocycles. The van der Waals surface area contributed by atoms with Gasteiger partial charge >= 0.3 is 0 Å². The zero-order valence-corrected chi connectivity index (χ0v) is 36.9. The standard InChI is InChI=1S/C60H42N2SSi/c1-5-21-44(22-6-1)62-55-34-15-13-31-54(55)59-51(32-18-35-56(59)62)43-20-17-23-46(42-43)61(57-36-19-33-53-52-30-14-16-37-58(52)63-60(53)57)45-38-40-50(41-39-45)64(47-24-7-2-8-25-47,48-26-9-3-10-27-48)49-28-11-4-12-29-49/h1-42H. The van der Waals surface area contributed by atoms with Gasteiger partial charge in [-0.2, -0.15) is 0 Å². The molecular formula is C60H42N2SSi. The predicted octanol–water partition coefficient (Wildman–Crippen LogP) is 13.7. The van der Waals surface area contributed by atoms with Crippen LogP contribution < -0.4 is 25.6 Å². The van der Waals surface area contributed by atoms with E-state index in [4.69, 9.17) is 0 Å². The van der Waals surface area contributed by atoms with Gasteiger partial charge in [0.2, 0.25) is 0 Å². The van der Waals surface area contributed by atoms with E-state index in [0.29, 0.717) is 0 Å². The highest BCUT2D eigenvalue weighted by Gasteiger charge is 2.41. The molecule has 0 saturated heterocycles. The Labute approximate surface area is 378 Å². The van der Waals surface area contributed by atoms with E-state index >= 15 is 0 Å². The van der Waals surface area contributed by atoms with Crippen molar-refractivity contribution in [1.82, 2.24) is 4.57 Å². The highest BCUT2D eigenvalue weighted by atomic mass is 32.1. The lowest BCUT2D eigenvalue weighted by molar-refractivity contribution is 1.18. The van der Waals surface area contributed by atoms with Gasteiger partial charge in [-0.3, -0.25) is 0 Å². The van der Waals surface area contributed by atoms with Crippen molar-refractivity contribution >= 4 is 99.2 Å². The van der Waals surface area contributed by atoms with Gasteiger partial charge in [0.1, 0.15) is 0 Å². The number of hydrogen-bond acceptors (Lipinski definition) is 2. The van der Waals surface area contributed by atoms with E-state index in [-0.39, 0.29) is 0 Å². The zero-order chi connectivity index (χ0) is 42.5. The van der Waals surface area contributed by atoms with Crippen LogP contribution >= 0.6 is 11.3 Å². The molecule has 12 aromatic rings. The van der Waals surface area contributed by atoms with Gasteiger partial charge in [-0.05, 0) is 92.5 Å². The number of benzene rings is 10. The summed E-state index contributed by atoms with van der Waals surface area (Å²) in [5.41, 5.74) is 9.33. The lowest BCUT2D eigenvalue weighted by atomic mass is 9.98. The summed E-state index contributed by atoms with van der Waals surface area (Å²) >= 11 is 1.87. The molecule has 12 rings (SSSR count). The Bertz CT molecular complexity index is 3500. The average molecular weight is 851 g/mol. The van der Waals surface area contributed by atoms with Crippen LogP contribution in [-0.4, -0.2) is 12.6 Å². The first-order valence-electron chi connectivity index (χ1n) is 21.9. The summed E-state index contributed by atoms with van der Waals surface area (Å²) in [5, 5.41) is 10.5. The fraction of sp³-hybridized carbons (Fsp3) is 0. The first-order valence-corrected chi connectivity index (χ1v) is 24.7. The number of thiophene rings is 1. The Morgan fingerprint density at radius 2 is 0.906 bits per heavy atom. The predicted molar refractivity (Wildman–Crippen MR) is 277 cm³/mol. The topological polar surface area (TPSA) is 8.17 Å². The number of aromatic nitrogens is 1. The highest BCUT2D eigenvalue weighted by Crippen LogP contribution is 2.46. The maximum atomic E-state index is 2.48. The molecule has 10 aromatic carbocycles. The molecule has 0 amide bonds. The van der Waals surface area contributed by atoms with Gasteiger partial charge in [0.05, 0.1) is 21.4 Å². The molecule has 2 heterocycles. The molecule has 0 aliphatic heterocycles. The molecule has 0 unspecified atom stereocenters. The van der Waals surface area contributed by atoms with E-state index in [0.717, 1.165) is 17.1 Å². The van der Waals surface area contributed by atoms with E-state index in [9.17, 15) is 0 Å². The average Bonchev–Trinajstić information content (AvgIpc) is 3.93. The summed E-state index contributed by atoms with van der Waals surface area (Å²) in [6, 6.07) is 94.1. The van der Waals surface area contributed by atoms with Crippen LogP contribution in [0.2, 0.25) is 0 Å². The smallest absolute Gasteiger partial charge is 0.179 e. The van der Waals surface area contributed by atoms with Gasteiger partial charge < -0.3 is 9.47 Å². The van der Waals surface area contributed by atoms with E-state index in [1.165, 1.54) is 79.5 Å². The Hall–Kier alpha value is -7.76. The molecule has 64 heavy (non-hydrogen) atoms. The lowest BCUT2D eigenvalue weighted by Gasteiger charge is -2.35. The summed E-state index contributed by atoms with van der Waals surface area (Å²) in [6.45, 7) is 0. The van der Waals surface area contributed by atoms with Crippen LogP contribution in [0, 0.1) is 0 Å². The molecule has 0 fully saturated rings. The van der Waals surface area contributed by atoms with Crippen molar-refractivity contribution in [1.29, 1.82) is 0 Å². The Morgan fingerprint density at radius 3 is 1.59 bits per heavy atom. The highest BCUT2D eigenvalue weighted by molar-refractivity contribution is 7.26. The summed E-state index contributed by atoms with van der Waals surface area (Å²) < 4.78 is 4.96. The number of para-hydroxylation sites is 2. The van der Waals surface area contributed by atoms with Crippen molar-refractivity contribution in [2.75, 3.05) is 4.90 Å². The summed E-state index contributed by atoms with van der Waals surface area (Å²) in [6.07, 6.45) is 0. The van der Waals surface area contributed by atoms with Gasteiger partial charge in [-0.25, -0.2) is 0 Å². The van der Waals surface area contributed by atoms with Gasteiger partial charge in [-0.1, -0.05) is 194 Å². The SMILES string of the molecule is c1ccc(-n2c3ccccc3c3c(-c4cccc(N(c5ccc([Si](c6ccccc6)(c6ccccc6)c6ccccc6)cc5)c5cccc6c5sc5ccccc56)c4)cccc32)cc1. The van der Waals surface area contributed by atoms with Crippen LogP contribution in [0.25, 0.3) is 58.8 Å². The third-order valence-electron chi connectivity index (χ3n) is 12.9. The molecular weight excluding hydrogens is 809 g/mol. The monoisotopic (exact) mass is 850 g/mol. The van der Waals surface area contributed by atoms with E-state index < -0.39 is 8.07 Å². The third kappa shape index (κ3) is 6.14. The minimum absolute atomic E-state index is 1.11. The van der Waals surface area contributed by atoms with Crippen molar-refractivity contribution in [3.05, 3.63) is 255 Å². The molecule has 0 aliphatic rings. The summed E-state index contributed by atoms with van der Waals surface area (Å²) in [7, 11) is -2.72. The molecule has 4 heteroatoms. The molecule has 0 saturated carbocycles. The normalized spacial score (nSPS) is 11.8. The van der Waals surface area contributed by atoms with Gasteiger partial charge in [0.15, 0.2) is 8.07 Å². The molecule has 0 radical (unpaired) electrons. The first kappa shape index (κ1) is 38.0. The van der Waals surface area contributed by atoms with Crippen LogP contribution in [0.5, 0.6) is 0 Å². The molecule has 2 nitrogen and oxygen atoms in total. The van der Waals surface area contributed by atoms with Crippen molar-refractivity contribution < 1.29 is 0 Å². The minimum atomic E-state index is -2.72. The van der Waals surface area contributed by atoms with E-state index in [1.54, 1.807) is 0 Å². The van der Waals surface area contributed by atoms with Gasteiger partial charge in [-0.15, -0.1) is 11.3 Å². The van der Waals surface area contributed by atoms with E-state index in [1.807, 2.05) is 11.3 Å². The maximum Gasteiger partial charge on any atom is 0.179 e. The van der Waals surface area contributed by atoms with Crippen LogP contribution in [-0.2, 0) is 0 Å². The second kappa shape index (κ2) is 15.9. The first-order chi connectivity index (χ1) is 31.8. The van der Waals surface area contributed by atoms with Gasteiger partial charge in [0, 0.05) is 43.3 Å². The molecule has 0 N–H and O–H groups in total. The number of fused-ring (bicyclic) bond motifs is 6. The molecule has 0 bridgehead atoms. The number of anilines is 3. The van der Waals surface area contributed by atoms with Crippen LogP contribution in [0.1, 0.15) is 0 Å². The Kier molecular flexibility index (Phi) is 9.40. The lowest BCUT2D eigenvalue weighted by Crippen LogP contribution is -2.74. The second-order valence-corrected chi connectivity index (χ2v) is 21.3. The number of hydrogen-bond donors (Lipinski definition) is 0. The number of rotatable bonds is 9. The molecule has 0 atom stereocenters. The Morgan fingerprint density at radius 1 is 0.375 bits per heavy atom. The molecule has 0 spiro atoms. The summed E-state index contributed by atoms with van der Waals surface area (Å²) in [4.78, 5) is 2.48. The molecule has 302 valence electrons. The van der Waals surface area contributed by atoms with Crippen molar-refractivity contribution in [3.63, 3.8) is 0 Å². The fourth-order valence-corrected chi connectivity index (χ4v) is 16.1. The van der Waals surface area contributed by atoms with Crippen LogP contribution in [0.15, 0.2) is 255 Å². The zero-order valence-electron chi connectivity index (χ0n) is 35.1. The largest absolute Gasteiger partial charge is 0.309 e. The Balaban J connectivity index is 1.08. The van der Waals surface area contributed by atoms with Gasteiger partial charge in [0.25, 0.3) is 0 Å².